The first-order chi connectivity index (χ1) is 28.5. The molecule has 12 nitrogen and oxygen atoms in total. The molecule has 0 heterocycles. The molecule has 4 N–H and O–H groups in total. The lowest BCUT2D eigenvalue weighted by molar-refractivity contribution is -0.161. The number of phosphoric ester groups is 1. The van der Waals surface area contributed by atoms with E-state index < -0.39 is 57.7 Å². The highest BCUT2D eigenvalue weighted by Crippen LogP contribution is 2.43. The van der Waals surface area contributed by atoms with Crippen molar-refractivity contribution >= 4 is 31.5 Å². The van der Waals surface area contributed by atoms with E-state index in [0.717, 1.165) is 70.6 Å². The summed E-state index contributed by atoms with van der Waals surface area (Å²) in [6.45, 7) is 2.36. The molecule has 0 aromatic carbocycles. The van der Waals surface area contributed by atoms with Gasteiger partial charge in [-0.2, -0.15) is 0 Å². The van der Waals surface area contributed by atoms with E-state index >= 15 is 0 Å². The van der Waals surface area contributed by atoms with E-state index in [0.29, 0.717) is 6.42 Å². The molecule has 0 spiro atoms. The molecular formula is C46H72NO11P. The van der Waals surface area contributed by atoms with Gasteiger partial charge in [0.25, 0.3) is 0 Å². The van der Waals surface area contributed by atoms with Crippen molar-refractivity contribution in [2.45, 2.75) is 148 Å². The van der Waals surface area contributed by atoms with Crippen LogP contribution in [0.3, 0.4) is 0 Å². The molecule has 13 heteroatoms. The molecule has 0 aromatic rings. The summed E-state index contributed by atoms with van der Waals surface area (Å²) in [6.07, 6.45) is 46.2. The van der Waals surface area contributed by atoms with Gasteiger partial charge in [-0.3, -0.25) is 28.2 Å². The van der Waals surface area contributed by atoms with Crippen LogP contribution in [-0.2, 0) is 42.3 Å². The summed E-state index contributed by atoms with van der Waals surface area (Å²) in [5.41, 5.74) is 5.31. The van der Waals surface area contributed by atoms with E-state index in [2.05, 4.69) is 91.3 Å². The summed E-state index contributed by atoms with van der Waals surface area (Å²) < 4.78 is 32.4. The number of nitrogens with two attached hydrogens (primary N) is 1. The summed E-state index contributed by atoms with van der Waals surface area (Å²) >= 11 is 0. The predicted octanol–water partition coefficient (Wildman–Crippen LogP) is 10.5. The molecule has 0 saturated carbocycles. The van der Waals surface area contributed by atoms with Gasteiger partial charge in [-0.05, 0) is 83.1 Å². The van der Waals surface area contributed by atoms with Gasteiger partial charge in [0.05, 0.1) is 13.2 Å². The first-order valence-electron chi connectivity index (χ1n) is 21.2. The SMILES string of the molecule is CC/C=C\C/C=C\C/C=C\C/C=C\CCCCCCC(=O)OC[C@H](COP(=O)(O)OC[C@H](N)C(=O)O)OC(=O)CCCC(=O)/C=C/C=C\C/C=C\C/C=C\CCCCC. The van der Waals surface area contributed by atoms with Crippen molar-refractivity contribution in [3.05, 3.63) is 97.2 Å². The third-order valence-electron chi connectivity index (χ3n) is 8.29. The number of allylic oxidation sites excluding steroid dienone is 16. The number of hydrogen-bond donors (Lipinski definition) is 3. The van der Waals surface area contributed by atoms with Gasteiger partial charge < -0.3 is 25.2 Å². The van der Waals surface area contributed by atoms with Gasteiger partial charge in [0.2, 0.25) is 0 Å². The van der Waals surface area contributed by atoms with Crippen LogP contribution >= 0.6 is 7.82 Å². The van der Waals surface area contributed by atoms with Gasteiger partial charge in [-0.15, -0.1) is 0 Å². The summed E-state index contributed by atoms with van der Waals surface area (Å²) in [5, 5.41) is 8.88. The number of rotatable bonds is 38. The fourth-order valence-electron chi connectivity index (χ4n) is 4.95. The van der Waals surface area contributed by atoms with Crippen LogP contribution in [0.2, 0.25) is 0 Å². The molecule has 0 aliphatic heterocycles. The summed E-state index contributed by atoms with van der Waals surface area (Å²) in [4.78, 5) is 58.2. The molecule has 1 unspecified atom stereocenters. The van der Waals surface area contributed by atoms with E-state index in [1.807, 2.05) is 6.08 Å². The second-order valence-corrected chi connectivity index (χ2v) is 15.2. The number of ether oxygens (including phenoxy) is 2. The Morgan fingerprint density at radius 1 is 0.593 bits per heavy atom. The number of carboxylic acids is 1. The van der Waals surface area contributed by atoms with Crippen molar-refractivity contribution in [3.8, 4) is 0 Å². The molecule has 0 rings (SSSR count). The normalized spacial score (nSPS) is 14.6. The maximum Gasteiger partial charge on any atom is 0.472 e. The molecular weight excluding hydrogens is 773 g/mol. The Bertz CT molecular complexity index is 1430. The maximum absolute atomic E-state index is 12.6. The minimum absolute atomic E-state index is 0.0903. The number of esters is 2. The monoisotopic (exact) mass is 845 g/mol. The van der Waals surface area contributed by atoms with E-state index in [9.17, 15) is 28.6 Å². The Kier molecular flexibility index (Phi) is 36.9. The van der Waals surface area contributed by atoms with Crippen LogP contribution < -0.4 is 5.73 Å². The number of carbonyl (C=O) groups is 4. The number of carbonyl (C=O) groups excluding carboxylic acids is 3. The molecule has 59 heavy (non-hydrogen) atoms. The molecule has 332 valence electrons. The zero-order valence-corrected chi connectivity index (χ0v) is 36.4. The number of phosphoric acid groups is 1. The Balaban J connectivity index is 4.64. The molecule has 0 aromatic heterocycles. The molecule has 0 bridgehead atoms. The fraction of sp³-hybridized carbons (Fsp3) is 0.565. The van der Waals surface area contributed by atoms with Gasteiger partial charge in [-0.1, -0.05) is 131 Å². The first kappa shape index (κ1) is 55.1. The topological polar surface area (TPSA) is 189 Å². The minimum atomic E-state index is -4.79. The van der Waals surface area contributed by atoms with Crippen LogP contribution in [0.15, 0.2) is 97.2 Å². The van der Waals surface area contributed by atoms with Crippen molar-refractivity contribution in [1.82, 2.24) is 0 Å². The Morgan fingerprint density at radius 2 is 1.12 bits per heavy atom. The summed E-state index contributed by atoms with van der Waals surface area (Å²) in [5.74, 6) is -2.88. The van der Waals surface area contributed by atoms with Crippen molar-refractivity contribution in [2.24, 2.45) is 5.73 Å². The lowest BCUT2D eigenvalue weighted by atomic mass is 10.1. The second kappa shape index (κ2) is 39.5. The highest BCUT2D eigenvalue weighted by molar-refractivity contribution is 7.47. The number of aliphatic carboxylic acids is 1. The highest BCUT2D eigenvalue weighted by Gasteiger charge is 2.28. The van der Waals surface area contributed by atoms with Crippen LogP contribution in [-0.4, -0.2) is 65.7 Å². The van der Waals surface area contributed by atoms with E-state index in [-0.39, 0.29) is 31.5 Å². The van der Waals surface area contributed by atoms with Crippen molar-refractivity contribution in [3.63, 3.8) is 0 Å². The average molecular weight is 846 g/mol. The lowest BCUT2D eigenvalue weighted by Gasteiger charge is -2.20. The standard InChI is InChI=1S/C46H72NO11P/c1-3-5-7-9-11-13-15-17-18-19-20-22-24-26-28-30-32-36-44(49)55-38-42(39-56-59(53,54)57-40-43(47)46(51)52)58-45(50)37-33-35-41(48)34-31-29-27-25-23-21-16-14-12-10-8-6-4-2/h5,7,11-14,17-18,20-23,27,29,31,34,42-43H,3-4,6,8-10,15-16,19,24-26,28,30,32-33,35-40,47H2,1-2H3,(H,51,52)(H,53,54)/b7-5-,13-11-,14-12-,18-17-,22-20-,23-21-,29-27-,34-31+/t42-,43+/m1/s1. The smallest absolute Gasteiger partial charge is 0.472 e. The third kappa shape index (κ3) is 39.3. The summed E-state index contributed by atoms with van der Waals surface area (Å²) in [7, 11) is -4.79. The zero-order chi connectivity index (χ0) is 43.7. The molecule has 0 aliphatic carbocycles. The van der Waals surface area contributed by atoms with Crippen LogP contribution in [0.25, 0.3) is 0 Å². The number of ketones is 1. The van der Waals surface area contributed by atoms with Crippen LogP contribution in [0, 0.1) is 0 Å². The number of carboxylic acid groups (broad SMARTS) is 1. The van der Waals surface area contributed by atoms with E-state index in [1.54, 1.807) is 12.2 Å². The predicted molar refractivity (Wildman–Crippen MR) is 235 cm³/mol. The molecule has 3 atom stereocenters. The maximum atomic E-state index is 12.6. The average Bonchev–Trinajstić information content (AvgIpc) is 3.20. The molecule has 0 fully saturated rings. The zero-order valence-electron chi connectivity index (χ0n) is 35.5. The lowest BCUT2D eigenvalue weighted by Crippen LogP contribution is -2.34. The van der Waals surface area contributed by atoms with Crippen LogP contribution in [0.5, 0.6) is 0 Å². The minimum Gasteiger partial charge on any atom is -0.480 e. The van der Waals surface area contributed by atoms with Gasteiger partial charge in [0, 0.05) is 19.3 Å². The molecule has 0 aliphatic rings. The van der Waals surface area contributed by atoms with Gasteiger partial charge in [-0.25, -0.2) is 4.57 Å². The van der Waals surface area contributed by atoms with Gasteiger partial charge >= 0.3 is 25.7 Å². The molecule has 0 amide bonds. The van der Waals surface area contributed by atoms with E-state index in [1.165, 1.54) is 25.3 Å². The molecule has 0 radical (unpaired) electrons. The third-order valence-corrected chi connectivity index (χ3v) is 9.24. The Morgan fingerprint density at radius 3 is 1.71 bits per heavy atom. The van der Waals surface area contributed by atoms with E-state index in [4.69, 9.17) is 24.8 Å². The fourth-order valence-corrected chi connectivity index (χ4v) is 5.73. The van der Waals surface area contributed by atoms with Crippen LogP contribution in [0.4, 0.5) is 0 Å². The van der Waals surface area contributed by atoms with Crippen molar-refractivity contribution < 1.29 is 52.3 Å². The Hall–Kier alpha value is -3.93. The quantitative estimate of drug-likeness (QED) is 0.0133. The number of hydrogen-bond acceptors (Lipinski definition) is 10. The second-order valence-electron chi connectivity index (χ2n) is 13.8. The highest BCUT2D eigenvalue weighted by atomic mass is 31.2. The Labute approximate surface area is 353 Å². The first-order valence-corrected chi connectivity index (χ1v) is 22.7. The molecule has 0 saturated heterocycles. The van der Waals surface area contributed by atoms with Crippen LogP contribution in [0.1, 0.15) is 136 Å². The summed E-state index contributed by atoms with van der Waals surface area (Å²) in [6, 6.07) is -1.57. The van der Waals surface area contributed by atoms with Gasteiger partial charge in [0.15, 0.2) is 11.9 Å². The van der Waals surface area contributed by atoms with Crippen molar-refractivity contribution in [2.75, 3.05) is 19.8 Å². The largest absolute Gasteiger partial charge is 0.480 e. The number of unbranched alkanes of at least 4 members (excludes halogenated alkanes) is 7. The van der Waals surface area contributed by atoms with Gasteiger partial charge in [0.1, 0.15) is 12.6 Å². The van der Waals surface area contributed by atoms with Crippen molar-refractivity contribution in [1.29, 1.82) is 0 Å².